The second-order valence-electron chi connectivity index (χ2n) is 8.82. The lowest BCUT2D eigenvalue weighted by molar-refractivity contribution is -0.122. The van der Waals surface area contributed by atoms with Gasteiger partial charge in [0.05, 0.1) is 19.3 Å². The molecule has 1 aromatic heterocycles. The highest BCUT2D eigenvalue weighted by molar-refractivity contribution is 5.92. The Kier molecular flexibility index (Phi) is 7.99. The van der Waals surface area contributed by atoms with Gasteiger partial charge in [0.1, 0.15) is 5.75 Å². The molecular weight excluding hydrogens is 404 g/mol. The van der Waals surface area contributed by atoms with Crippen LogP contribution in [-0.2, 0) is 16.1 Å². The number of rotatable bonds is 8. The number of carbonyl (C=O) groups excluding carboxylic acids is 2. The molecule has 1 aromatic carbocycles. The third-order valence-electron chi connectivity index (χ3n) is 6.86. The maximum atomic E-state index is 12.8. The Labute approximate surface area is 191 Å². The summed E-state index contributed by atoms with van der Waals surface area (Å²) in [6, 6.07) is 9.81. The molecule has 1 aliphatic rings. The summed E-state index contributed by atoms with van der Waals surface area (Å²) in [5.74, 6) is 1.61. The number of carbonyl (C=O) groups is 2. The van der Waals surface area contributed by atoms with E-state index in [9.17, 15) is 9.59 Å². The van der Waals surface area contributed by atoms with Crippen LogP contribution in [0, 0.1) is 18.8 Å². The second-order valence-corrected chi connectivity index (χ2v) is 8.82. The number of esters is 1. The summed E-state index contributed by atoms with van der Waals surface area (Å²) in [4.78, 5) is 25.3. The van der Waals surface area contributed by atoms with Crippen molar-refractivity contribution in [3.8, 4) is 17.0 Å². The van der Waals surface area contributed by atoms with E-state index >= 15 is 0 Å². The summed E-state index contributed by atoms with van der Waals surface area (Å²) >= 11 is 0. The number of amides is 1. The van der Waals surface area contributed by atoms with Crippen LogP contribution in [0.15, 0.2) is 30.3 Å². The van der Waals surface area contributed by atoms with Crippen LogP contribution in [0.5, 0.6) is 5.75 Å². The summed E-state index contributed by atoms with van der Waals surface area (Å²) in [5, 5.41) is 3.25. The smallest absolute Gasteiger partial charge is 0.339 e. The van der Waals surface area contributed by atoms with Gasteiger partial charge in [-0.1, -0.05) is 26.7 Å². The van der Waals surface area contributed by atoms with Crippen LogP contribution in [0.25, 0.3) is 11.3 Å². The van der Waals surface area contributed by atoms with Gasteiger partial charge in [0.15, 0.2) is 0 Å². The van der Waals surface area contributed by atoms with E-state index in [2.05, 4.69) is 19.2 Å². The van der Waals surface area contributed by atoms with Gasteiger partial charge in [-0.3, -0.25) is 4.79 Å². The zero-order valence-corrected chi connectivity index (χ0v) is 19.9. The first-order valence-electron chi connectivity index (χ1n) is 11.7. The number of aromatic nitrogens is 1. The quantitative estimate of drug-likeness (QED) is 0.588. The molecule has 174 valence electrons. The number of ether oxygens (including phenoxy) is 2. The minimum Gasteiger partial charge on any atom is -0.497 e. The average molecular weight is 441 g/mol. The van der Waals surface area contributed by atoms with E-state index in [0.717, 1.165) is 35.5 Å². The SMILES string of the molecule is CCOC(=O)c1cc(-c2ccc(OC)cc2)n(CCC(=O)NC2CCCC(C)C2C)c1C. The van der Waals surface area contributed by atoms with Crippen molar-refractivity contribution >= 4 is 11.9 Å². The minimum atomic E-state index is -0.340. The van der Waals surface area contributed by atoms with Crippen LogP contribution >= 0.6 is 0 Å². The van der Waals surface area contributed by atoms with Crippen molar-refractivity contribution < 1.29 is 19.1 Å². The topological polar surface area (TPSA) is 69.6 Å². The van der Waals surface area contributed by atoms with E-state index in [1.54, 1.807) is 14.0 Å². The fraction of sp³-hybridized carbons (Fsp3) is 0.538. The number of nitrogens with one attached hydrogen (secondary N) is 1. The minimum absolute atomic E-state index is 0.0578. The van der Waals surface area contributed by atoms with E-state index in [1.807, 2.05) is 41.8 Å². The molecule has 0 radical (unpaired) electrons. The molecule has 3 unspecified atom stereocenters. The Bertz CT molecular complexity index is 932. The number of methoxy groups -OCH3 is 1. The molecule has 32 heavy (non-hydrogen) atoms. The predicted molar refractivity (Wildman–Crippen MR) is 126 cm³/mol. The van der Waals surface area contributed by atoms with Crippen molar-refractivity contribution in [2.75, 3.05) is 13.7 Å². The third-order valence-corrected chi connectivity index (χ3v) is 6.86. The van der Waals surface area contributed by atoms with Crippen LogP contribution in [-0.4, -0.2) is 36.2 Å². The number of benzene rings is 1. The standard InChI is InChI=1S/C26H36N2O4/c1-6-32-26(30)22-16-24(20-10-12-21(31-5)13-11-20)28(19(22)4)15-14-25(29)27-23-9-7-8-17(2)18(23)3/h10-13,16-18,23H,6-9,14-15H2,1-5H3,(H,27,29). The first-order valence-corrected chi connectivity index (χ1v) is 11.7. The Hall–Kier alpha value is -2.76. The number of hydrogen-bond acceptors (Lipinski definition) is 4. The maximum absolute atomic E-state index is 12.8. The van der Waals surface area contributed by atoms with E-state index in [-0.39, 0.29) is 17.9 Å². The van der Waals surface area contributed by atoms with E-state index in [0.29, 0.717) is 37.0 Å². The van der Waals surface area contributed by atoms with Gasteiger partial charge in [0.25, 0.3) is 0 Å². The Morgan fingerprint density at radius 2 is 1.88 bits per heavy atom. The molecule has 0 bridgehead atoms. The normalized spacial score (nSPS) is 20.6. The zero-order valence-electron chi connectivity index (χ0n) is 19.9. The first kappa shape index (κ1) is 23.9. The highest BCUT2D eigenvalue weighted by Gasteiger charge is 2.28. The Balaban J connectivity index is 1.80. The fourth-order valence-corrected chi connectivity index (χ4v) is 4.63. The van der Waals surface area contributed by atoms with Crippen molar-refractivity contribution in [2.24, 2.45) is 11.8 Å². The van der Waals surface area contributed by atoms with Crippen molar-refractivity contribution in [1.29, 1.82) is 0 Å². The molecule has 0 spiro atoms. The average Bonchev–Trinajstić information content (AvgIpc) is 3.12. The van der Waals surface area contributed by atoms with Crippen molar-refractivity contribution in [2.45, 2.75) is 66.0 Å². The van der Waals surface area contributed by atoms with Crippen molar-refractivity contribution in [1.82, 2.24) is 9.88 Å². The van der Waals surface area contributed by atoms with E-state index < -0.39 is 0 Å². The number of hydrogen-bond donors (Lipinski definition) is 1. The second kappa shape index (κ2) is 10.7. The molecule has 1 saturated carbocycles. The molecule has 3 atom stereocenters. The molecule has 2 aromatic rings. The Morgan fingerprint density at radius 3 is 2.53 bits per heavy atom. The third kappa shape index (κ3) is 5.34. The summed E-state index contributed by atoms with van der Waals surface area (Å²) in [6.45, 7) is 9.02. The molecule has 3 rings (SSSR count). The van der Waals surface area contributed by atoms with Gasteiger partial charge < -0.3 is 19.4 Å². The zero-order chi connectivity index (χ0) is 23.3. The largest absolute Gasteiger partial charge is 0.497 e. The van der Waals surface area contributed by atoms with Crippen LogP contribution in [0.2, 0.25) is 0 Å². The summed E-state index contributed by atoms with van der Waals surface area (Å²) in [6.07, 6.45) is 3.80. The fourth-order valence-electron chi connectivity index (χ4n) is 4.63. The Morgan fingerprint density at radius 1 is 1.16 bits per heavy atom. The highest BCUT2D eigenvalue weighted by atomic mass is 16.5. The van der Waals surface area contributed by atoms with E-state index in [1.165, 1.54) is 6.42 Å². The van der Waals surface area contributed by atoms with Gasteiger partial charge in [-0.25, -0.2) is 4.79 Å². The molecule has 1 amide bonds. The maximum Gasteiger partial charge on any atom is 0.339 e. The molecule has 1 aliphatic carbocycles. The lowest BCUT2D eigenvalue weighted by Gasteiger charge is -2.34. The summed E-state index contributed by atoms with van der Waals surface area (Å²) in [5.41, 5.74) is 3.19. The van der Waals surface area contributed by atoms with Gasteiger partial charge in [-0.15, -0.1) is 0 Å². The van der Waals surface area contributed by atoms with Crippen molar-refractivity contribution in [3.63, 3.8) is 0 Å². The molecule has 0 aliphatic heterocycles. The van der Waals surface area contributed by atoms with Crippen LogP contribution < -0.4 is 10.1 Å². The van der Waals surface area contributed by atoms with Crippen LogP contribution in [0.1, 0.15) is 62.5 Å². The van der Waals surface area contributed by atoms with Gasteiger partial charge in [-0.05, 0) is 68.0 Å². The molecule has 1 heterocycles. The molecular formula is C26H36N2O4. The van der Waals surface area contributed by atoms with Crippen LogP contribution in [0.3, 0.4) is 0 Å². The highest BCUT2D eigenvalue weighted by Crippen LogP contribution is 2.30. The molecule has 1 fully saturated rings. The van der Waals surface area contributed by atoms with Crippen molar-refractivity contribution in [3.05, 3.63) is 41.6 Å². The summed E-state index contributed by atoms with van der Waals surface area (Å²) < 4.78 is 12.6. The lowest BCUT2D eigenvalue weighted by atomic mass is 9.78. The predicted octanol–water partition coefficient (Wildman–Crippen LogP) is 4.98. The number of nitrogens with zero attached hydrogens (tertiary/aromatic N) is 1. The van der Waals surface area contributed by atoms with Gasteiger partial charge in [-0.2, -0.15) is 0 Å². The molecule has 1 N–H and O–H groups in total. The van der Waals surface area contributed by atoms with Crippen LogP contribution in [0.4, 0.5) is 0 Å². The summed E-state index contributed by atoms with van der Waals surface area (Å²) in [7, 11) is 1.63. The van der Waals surface area contributed by atoms with Gasteiger partial charge >= 0.3 is 5.97 Å². The monoisotopic (exact) mass is 440 g/mol. The first-order chi connectivity index (χ1) is 15.3. The molecule has 6 heteroatoms. The van der Waals surface area contributed by atoms with Gasteiger partial charge in [0, 0.05) is 30.4 Å². The molecule has 6 nitrogen and oxygen atoms in total. The molecule has 0 saturated heterocycles. The lowest BCUT2D eigenvalue weighted by Crippen LogP contribution is -2.43. The van der Waals surface area contributed by atoms with E-state index in [4.69, 9.17) is 9.47 Å². The van der Waals surface area contributed by atoms with Gasteiger partial charge in [0.2, 0.25) is 5.91 Å².